The summed E-state index contributed by atoms with van der Waals surface area (Å²) in [6.07, 6.45) is 0. The predicted molar refractivity (Wildman–Crippen MR) is 252 cm³/mol. The Morgan fingerprint density at radius 2 is 0.613 bits per heavy atom. The lowest BCUT2D eigenvalue weighted by molar-refractivity contribution is 0.668. The summed E-state index contributed by atoms with van der Waals surface area (Å²) in [6.45, 7) is 0. The van der Waals surface area contributed by atoms with Gasteiger partial charge >= 0.3 is 0 Å². The Balaban J connectivity index is 1.11. The Morgan fingerprint density at radius 1 is 0.242 bits per heavy atom. The summed E-state index contributed by atoms with van der Waals surface area (Å²) < 4.78 is 13.0. The van der Waals surface area contributed by atoms with E-state index in [1.165, 1.54) is 0 Å². The quantitative estimate of drug-likeness (QED) is 0.161. The minimum atomic E-state index is 0.547. The summed E-state index contributed by atoms with van der Waals surface area (Å²) in [6, 6.07) is 73.3. The summed E-state index contributed by atoms with van der Waals surface area (Å²) in [5.74, 6) is 1.66. The maximum absolute atomic E-state index is 6.52. The van der Waals surface area contributed by atoms with Crippen molar-refractivity contribution in [2.75, 3.05) is 0 Å². The van der Waals surface area contributed by atoms with Crippen LogP contribution in [0, 0.1) is 0 Å². The molecule has 5 nitrogen and oxygen atoms in total. The molecule has 0 saturated heterocycles. The number of aromatic nitrogens is 3. The zero-order chi connectivity index (χ0) is 41.0. The standard InChI is InChI=1S/C57H35N3O2/c1-4-15-36(16-5-1)39-21-12-22-42(33-39)43-23-10-11-24-44(43)55-58-56(45-25-13-27-51-53(45)47-34-40(29-31-49(47)61-51)37-17-6-2-7-18-37)60-57(59-55)46-26-14-28-52-54(46)48-35-41(30-32-50(48)62-52)38-19-8-3-9-20-38/h1-35H. The Kier molecular flexibility index (Phi) is 8.42. The molecule has 0 unspecified atom stereocenters. The third-order valence-electron chi connectivity index (χ3n) is 11.8. The largest absolute Gasteiger partial charge is 0.456 e. The summed E-state index contributed by atoms with van der Waals surface area (Å²) in [5.41, 5.74) is 14.6. The van der Waals surface area contributed by atoms with Gasteiger partial charge in [-0.25, -0.2) is 15.0 Å². The minimum absolute atomic E-state index is 0.547. The van der Waals surface area contributed by atoms with Crippen molar-refractivity contribution >= 4 is 43.9 Å². The third-order valence-corrected chi connectivity index (χ3v) is 11.8. The molecule has 0 amide bonds. The van der Waals surface area contributed by atoms with Gasteiger partial charge in [0.25, 0.3) is 0 Å². The highest BCUT2D eigenvalue weighted by atomic mass is 16.3. The Labute approximate surface area is 357 Å². The van der Waals surface area contributed by atoms with Crippen LogP contribution in [-0.2, 0) is 0 Å². The van der Waals surface area contributed by atoms with E-state index >= 15 is 0 Å². The van der Waals surface area contributed by atoms with Crippen molar-refractivity contribution in [2.24, 2.45) is 0 Å². The van der Waals surface area contributed by atoms with Crippen LogP contribution in [0.15, 0.2) is 221 Å². The van der Waals surface area contributed by atoms with Crippen molar-refractivity contribution in [2.45, 2.75) is 0 Å². The van der Waals surface area contributed by atoms with E-state index in [2.05, 4.69) is 164 Å². The minimum Gasteiger partial charge on any atom is -0.456 e. The second kappa shape index (κ2) is 14.7. The smallest absolute Gasteiger partial charge is 0.164 e. The number of rotatable bonds is 7. The topological polar surface area (TPSA) is 65.0 Å². The Morgan fingerprint density at radius 3 is 1.11 bits per heavy atom. The predicted octanol–water partition coefficient (Wildman–Crippen LogP) is 15.3. The Hall–Kier alpha value is -8.41. The van der Waals surface area contributed by atoms with Gasteiger partial charge in [-0.2, -0.15) is 0 Å². The molecule has 0 aliphatic heterocycles. The van der Waals surface area contributed by atoms with Crippen LogP contribution < -0.4 is 0 Å². The average molecular weight is 794 g/mol. The van der Waals surface area contributed by atoms with Crippen LogP contribution >= 0.6 is 0 Å². The van der Waals surface area contributed by atoms with Gasteiger partial charge in [0.15, 0.2) is 17.5 Å². The molecule has 62 heavy (non-hydrogen) atoms. The van der Waals surface area contributed by atoms with Gasteiger partial charge in [0, 0.05) is 38.2 Å². The van der Waals surface area contributed by atoms with Crippen molar-refractivity contribution in [1.82, 2.24) is 15.0 Å². The molecular formula is C57H35N3O2. The highest BCUT2D eigenvalue weighted by Crippen LogP contribution is 2.42. The fraction of sp³-hybridized carbons (Fsp3) is 0. The van der Waals surface area contributed by atoms with Gasteiger partial charge in [-0.1, -0.05) is 170 Å². The lowest BCUT2D eigenvalue weighted by atomic mass is 9.95. The van der Waals surface area contributed by atoms with Crippen LogP contribution in [0.1, 0.15) is 0 Å². The first kappa shape index (κ1) is 35.5. The molecule has 3 aromatic heterocycles. The first-order valence-electron chi connectivity index (χ1n) is 20.8. The molecule has 0 bridgehead atoms. The second-order valence-electron chi connectivity index (χ2n) is 15.5. The van der Waals surface area contributed by atoms with Gasteiger partial charge in [-0.3, -0.25) is 0 Å². The van der Waals surface area contributed by atoms with Gasteiger partial charge in [0.2, 0.25) is 0 Å². The molecule has 9 aromatic carbocycles. The zero-order valence-electron chi connectivity index (χ0n) is 33.4. The van der Waals surface area contributed by atoms with E-state index in [1.807, 2.05) is 48.5 Å². The highest BCUT2D eigenvalue weighted by Gasteiger charge is 2.22. The molecule has 0 fully saturated rings. The van der Waals surface area contributed by atoms with E-state index in [0.29, 0.717) is 17.5 Å². The molecule has 0 atom stereocenters. The molecule has 0 spiro atoms. The molecule has 290 valence electrons. The van der Waals surface area contributed by atoms with Crippen molar-refractivity contribution in [1.29, 1.82) is 0 Å². The molecule has 0 aliphatic carbocycles. The number of hydrogen-bond acceptors (Lipinski definition) is 5. The number of nitrogens with zero attached hydrogens (tertiary/aromatic N) is 3. The van der Waals surface area contributed by atoms with Gasteiger partial charge in [-0.05, 0) is 87.0 Å². The summed E-state index contributed by atoms with van der Waals surface area (Å²) in [4.78, 5) is 16.1. The van der Waals surface area contributed by atoms with Crippen LogP contribution in [0.3, 0.4) is 0 Å². The summed E-state index contributed by atoms with van der Waals surface area (Å²) in [7, 11) is 0. The second-order valence-corrected chi connectivity index (χ2v) is 15.5. The van der Waals surface area contributed by atoms with Gasteiger partial charge in [-0.15, -0.1) is 0 Å². The van der Waals surface area contributed by atoms with Crippen LogP contribution in [0.4, 0.5) is 0 Å². The van der Waals surface area contributed by atoms with Crippen LogP contribution in [0.5, 0.6) is 0 Å². The normalized spacial score (nSPS) is 11.5. The van der Waals surface area contributed by atoms with Gasteiger partial charge < -0.3 is 8.83 Å². The molecule has 0 radical (unpaired) electrons. The fourth-order valence-electron chi connectivity index (χ4n) is 8.81. The molecule has 5 heteroatoms. The highest BCUT2D eigenvalue weighted by molar-refractivity contribution is 6.14. The van der Waals surface area contributed by atoms with Crippen molar-refractivity contribution in [3.63, 3.8) is 0 Å². The SMILES string of the molecule is c1ccc(-c2cccc(-c3ccccc3-c3nc(-c4cccc5oc6ccc(-c7ccccc7)cc6c45)nc(-c4cccc5oc6ccc(-c7ccccc7)cc6c45)n3)c2)cc1. The summed E-state index contributed by atoms with van der Waals surface area (Å²) in [5, 5.41) is 3.89. The van der Waals surface area contributed by atoms with E-state index in [-0.39, 0.29) is 0 Å². The van der Waals surface area contributed by atoms with Gasteiger partial charge in [0.1, 0.15) is 22.3 Å². The van der Waals surface area contributed by atoms with Crippen LogP contribution in [0.2, 0.25) is 0 Å². The maximum atomic E-state index is 6.52. The molecule has 0 N–H and O–H groups in total. The number of benzene rings is 9. The Bertz CT molecular complexity index is 3450. The fourth-order valence-corrected chi connectivity index (χ4v) is 8.81. The number of hydrogen-bond donors (Lipinski definition) is 0. The maximum Gasteiger partial charge on any atom is 0.164 e. The van der Waals surface area contributed by atoms with Crippen LogP contribution in [-0.4, -0.2) is 15.0 Å². The molecule has 3 heterocycles. The number of fused-ring (bicyclic) bond motifs is 6. The zero-order valence-corrected chi connectivity index (χ0v) is 33.4. The van der Waals surface area contributed by atoms with Crippen molar-refractivity contribution in [3.8, 4) is 78.7 Å². The monoisotopic (exact) mass is 793 g/mol. The lowest BCUT2D eigenvalue weighted by Crippen LogP contribution is -2.01. The summed E-state index contributed by atoms with van der Waals surface area (Å²) >= 11 is 0. The van der Waals surface area contributed by atoms with Crippen LogP contribution in [0.25, 0.3) is 123 Å². The molecule has 12 aromatic rings. The van der Waals surface area contributed by atoms with E-state index in [0.717, 1.165) is 105 Å². The third kappa shape index (κ3) is 6.14. The average Bonchev–Trinajstić information content (AvgIpc) is 3.93. The first-order valence-corrected chi connectivity index (χ1v) is 20.8. The van der Waals surface area contributed by atoms with E-state index < -0.39 is 0 Å². The lowest BCUT2D eigenvalue weighted by Gasteiger charge is -2.13. The van der Waals surface area contributed by atoms with Crippen molar-refractivity contribution in [3.05, 3.63) is 212 Å². The molecule has 0 aliphatic rings. The van der Waals surface area contributed by atoms with E-state index in [9.17, 15) is 0 Å². The molecule has 0 saturated carbocycles. The van der Waals surface area contributed by atoms with Crippen molar-refractivity contribution < 1.29 is 8.83 Å². The van der Waals surface area contributed by atoms with E-state index in [1.54, 1.807) is 0 Å². The molecule has 12 rings (SSSR count). The van der Waals surface area contributed by atoms with E-state index in [4.69, 9.17) is 23.8 Å². The number of furan rings is 2. The van der Waals surface area contributed by atoms with Gasteiger partial charge in [0.05, 0.1) is 0 Å². The first-order chi connectivity index (χ1) is 30.7. The molecular weight excluding hydrogens is 759 g/mol.